The van der Waals surface area contributed by atoms with Crippen LogP contribution in [-0.2, 0) is 0 Å². The Morgan fingerprint density at radius 2 is 2.00 bits per heavy atom. The standard InChI is InChI=1S/C8H18N2O2/c1-8(2,9-7(11)12)5-6-10(3)4/h9H,5-6H2,1-4H3,(H,11,12). The zero-order valence-electron chi connectivity index (χ0n) is 8.22. The van der Waals surface area contributed by atoms with E-state index in [1.165, 1.54) is 0 Å². The Morgan fingerprint density at radius 3 is 2.33 bits per heavy atom. The molecule has 0 rings (SSSR count). The van der Waals surface area contributed by atoms with Crippen LogP contribution < -0.4 is 5.32 Å². The topological polar surface area (TPSA) is 52.6 Å². The highest BCUT2D eigenvalue weighted by molar-refractivity contribution is 5.65. The van der Waals surface area contributed by atoms with Crippen LogP contribution in [0.2, 0.25) is 0 Å². The Labute approximate surface area is 73.6 Å². The number of carbonyl (C=O) groups is 1. The summed E-state index contributed by atoms with van der Waals surface area (Å²) in [4.78, 5) is 12.4. The lowest BCUT2D eigenvalue weighted by molar-refractivity contribution is 0.178. The van der Waals surface area contributed by atoms with Crippen molar-refractivity contribution in [2.45, 2.75) is 25.8 Å². The monoisotopic (exact) mass is 174 g/mol. The Balaban J connectivity index is 3.78. The average molecular weight is 174 g/mol. The van der Waals surface area contributed by atoms with Crippen LogP contribution in [0.1, 0.15) is 20.3 Å². The summed E-state index contributed by atoms with van der Waals surface area (Å²) in [5.74, 6) is 0. The fraction of sp³-hybridized carbons (Fsp3) is 0.875. The molecule has 72 valence electrons. The highest BCUT2D eigenvalue weighted by Gasteiger charge is 2.19. The molecule has 0 spiro atoms. The van der Waals surface area contributed by atoms with Crippen LogP contribution in [-0.4, -0.2) is 42.3 Å². The molecule has 0 aromatic heterocycles. The Morgan fingerprint density at radius 1 is 1.50 bits per heavy atom. The van der Waals surface area contributed by atoms with Gasteiger partial charge in [0.1, 0.15) is 0 Å². The Bertz CT molecular complexity index is 155. The first-order chi connectivity index (χ1) is 5.33. The van der Waals surface area contributed by atoms with Crippen molar-refractivity contribution >= 4 is 6.09 Å². The Hall–Kier alpha value is -0.770. The summed E-state index contributed by atoms with van der Waals surface area (Å²) in [6.07, 6.45) is -0.148. The van der Waals surface area contributed by atoms with Crippen molar-refractivity contribution < 1.29 is 9.90 Å². The van der Waals surface area contributed by atoms with Crippen LogP contribution in [0.3, 0.4) is 0 Å². The molecule has 1 amide bonds. The first-order valence-corrected chi connectivity index (χ1v) is 3.99. The van der Waals surface area contributed by atoms with Crippen molar-refractivity contribution in [1.82, 2.24) is 10.2 Å². The summed E-state index contributed by atoms with van der Waals surface area (Å²) in [5, 5.41) is 11.0. The van der Waals surface area contributed by atoms with Gasteiger partial charge in [0, 0.05) is 5.54 Å². The number of nitrogens with one attached hydrogen (secondary N) is 1. The predicted octanol–water partition coefficient (Wildman–Crippen LogP) is 0.984. The number of amides is 1. The van der Waals surface area contributed by atoms with Gasteiger partial charge in [-0.15, -0.1) is 0 Å². The molecule has 0 fully saturated rings. The lowest BCUT2D eigenvalue weighted by Crippen LogP contribution is -2.44. The lowest BCUT2D eigenvalue weighted by atomic mass is 10.0. The van der Waals surface area contributed by atoms with Gasteiger partial charge in [0.2, 0.25) is 0 Å². The SMILES string of the molecule is CN(C)CCC(C)(C)NC(=O)O. The first-order valence-electron chi connectivity index (χ1n) is 3.99. The summed E-state index contributed by atoms with van der Waals surface area (Å²) < 4.78 is 0. The first kappa shape index (κ1) is 11.2. The van der Waals surface area contributed by atoms with Crippen LogP contribution in [0.5, 0.6) is 0 Å². The third kappa shape index (κ3) is 5.97. The van der Waals surface area contributed by atoms with Gasteiger partial charge in [0.25, 0.3) is 0 Å². The van der Waals surface area contributed by atoms with Crippen LogP contribution in [0.4, 0.5) is 4.79 Å². The molecule has 12 heavy (non-hydrogen) atoms. The van der Waals surface area contributed by atoms with E-state index in [1.54, 1.807) is 0 Å². The summed E-state index contributed by atoms with van der Waals surface area (Å²) in [5.41, 5.74) is -0.337. The minimum absolute atomic E-state index is 0.337. The molecule has 0 saturated carbocycles. The molecule has 4 nitrogen and oxygen atoms in total. The van der Waals surface area contributed by atoms with Crippen LogP contribution in [0, 0.1) is 0 Å². The molecule has 0 aliphatic rings. The highest BCUT2D eigenvalue weighted by atomic mass is 16.4. The fourth-order valence-electron chi connectivity index (χ4n) is 0.855. The van der Waals surface area contributed by atoms with E-state index in [0.717, 1.165) is 13.0 Å². The van der Waals surface area contributed by atoms with Crippen molar-refractivity contribution in [2.24, 2.45) is 0 Å². The second-order valence-corrected chi connectivity index (χ2v) is 3.87. The highest BCUT2D eigenvalue weighted by Crippen LogP contribution is 2.07. The zero-order valence-corrected chi connectivity index (χ0v) is 8.22. The van der Waals surface area contributed by atoms with Crippen molar-refractivity contribution in [3.8, 4) is 0 Å². The fourth-order valence-corrected chi connectivity index (χ4v) is 0.855. The molecule has 4 heteroatoms. The number of nitrogens with zero attached hydrogens (tertiary/aromatic N) is 1. The van der Waals surface area contributed by atoms with Gasteiger partial charge in [0.15, 0.2) is 0 Å². The molecule has 0 aliphatic carbocycles. The van der Waals surface area contributed by atoms with Crippen LogP contribution in [0.25, 0.3) is 0 Å². The minimum atomic E-state index is -0.959. The van der Waals surface area contributed by atoms with Crippen molar-refractivity contribution in [1.29, 1.82) is 0 Å². The van der Waals surface area contributed by atoms with E-state index in [4.69, 9.17) is 5.11 Å². The van der Waals surface area contributed by atoms with Crippen molar-refractivity contribution in [2.75, 3.05) is 20.6 Å². The molecule has 2 N–H and O–H groups in total. The second kappa shape index (κ2) is 4.30. The van der Waals surface area contributed by atoms with Gasteiger partial charge in [0.05, 0.1) is 0 Å². The van der Waals surface area contributed by atoms with E-state index < -0.39 is 6.09 Å². The van der Waals surface area contributed by atoms with Gasteiger partial charge < -0.3 is 15.3 Å². The molecule has 0 aliphatic heterocycles. The summed E-state index contributed by atoms with van der Waals surface area (Å²) in [6.45, 7) is 4.64. The van der Waals surface area contributed by atoms with E-state index in [9.17, 15) is 4.79 Å². The summed E-state index contributed by atoms with van der Waals surface area (Å²) in [7, 11) is 3.94. The molecule has 0 unspecified atom stereocenters. The third-order valence-corrected chi connectivity index (χ3v) is 1.63. The average Bonchev–Trinajstić information content (AvgIpc) is 1.81. The maximum atomic E-state index is 10.3. The van der Waals surface area contributed by atoms with E-state index in [1.807, 2.05) is 32.8 Å². The predicted molar refractivity (Wildman–Crippen MR) is 48.4 cm³/mol. The number of hydrogen-bond donors (Lipinski definition) is 2. The molecule has 0 radical (unpaired) electrons. The molecular weight excluding hydrogens is 156 g/mol. The third-order valence-electron chi connectivity index (χ3n) is 1.63. The maximum absolute atomic E-state index is 10.3. The Kier molecular flexibility index (Phi) is 4.03. The smallest absolute Gasteiger partial charge is 0.405 e. The van der Waals surface area contributed by atoms with E-state index in [2.05, 4.69) is 5.32 Å². The molecule has 0 aromatic rings. The number of carboxylic acid groups (broad SMARTS) is 1. The molecule has 0 atom stereocenters. The van der Waals surface area contributed by atoms with Gasteiger partial charge in [-0.05, 0) is 40.9 Å². The lowest BCUT2D eigenvalue weighted by Gasteiger charge is -2.25. The summed E-state index contributed by atoms with van der Waals surface area (Å²) >= 11 is 0. The van der Waals surface area contributed by atoms with Gasteiger partial charge in [-0.2, -0.15) is 0 Å². The molecular formula is C8H18N2O2. The van der Waals surface area contributed by atoms with Crippen molar-refractivity contribution in [3.63, 3.8) is 0 Å². The van der Waals surface area contributed by atoms with E-state index in [0.29, 0.717) is 0 Å². The number of hydrogen-bond acceptors (Lipinski definition) is 2. The molecule has 0 heterocycles. The zero-order chi connectivity index (χ0) is 9.78. The van der Waals surface area contributed by atoms with Crippen LogP contribution in [0.15, 0.2) is 0 Å². The van der Waals surface area contributed by atoms with Gasteiger partial charge in [-0.1, -0.05) is 0 Å². The maximum Gasteiger partial charge on any atom is 0.405 e. The van der Waals surface area contributed by atoms with E-state index >= 15 is 0 Å². The van der Waals surface area contributed by atoms with E-state index in [-0.39, 0.29) is 5.54 Å². The molecule has 0 saturated heterocycles. The molecule has 0 bridgehead atoms. The van der Waals surface area contributed by atoms with Gasteiger partial charge in [-0.25, -0.2) is 4.79 Å². The summed E-state index contributed by atoms with van der Waals surface area (Å²) in [6, 6.07) is 0. The molecule has 0 aromatic carbocycles. The van der Waals surface area contributed by atoms with Crippen LogP contribution >= 0.6 is 0 Å². The minimum Gasteiger partial charge on any atom is -0.465 e. The largest absolute Gasteiger partial charge is 0.465 e. The second-order valence-electron chi connectivity index (χ2n) is 3.87. The quantitative estimate of drug-likeness (QED) is 0.668. The number of rotatable bonds is 4. The normalized spacial score (nSPS) is 11.8. The van der Waals surface area contributed by atoms with Crippen molar-refractivity contribution in [3.05, 3.63) is 0 Å². The van der Waals surface area contributed by atoms with Gasteiger partial charge >= 0.3 is 6.09 Å². The van der Waals surface area contributed by atoms with Gasteiger partial charge in [-0.3, -0.25) is 0 Å².